The fraction of sp³-hybridized carbons (Fsp3) is 0.350. The van der Waals surface area contributed by atoms with E-state index in [9.17, 15) is 14.4 Å². The Hall–Kier alpha value is -2.89. The molecule has 1 unspecified atom stereocenters. The number of benzene rings is 2. The molecule has 6 nitrogen and oxygen atoms in total. The first-order valence-electron chi connectivity index (χ1n) is 8.77. The molecule has 0 aliphatic rings. The third kappa shape index (κ3) is 5.31. The van der Waals surface area contributed by atoms with Crippen molar-refractivity contribution >= 4 is 28.5 Å². The highest BCUT2D eigenvalue weighted by Crippen LogP contribution is 2.18. The minimum absolute atomic E-state index is 0.0721. The molecule has 2 aromatic rings. The van der Waals surface area contributed by atoms with E-state index < -0.39 is 6.04 Å². The van der Waals surface area contributed by atoms with E-state index in [0.717, 1.165) is 17.2 Å². The van der Waals surface area contributed by atoms with E-state index in [0.29, 0.717) is 24.9 Å². The van der Waals surface area contributed by atoms with E-state index in [1.165, 1.54) is 6.92 Å². The van der Waals surface area contributed by atoms with Gasteiger partial charge in [-0.3, -0.25) is 14.4 Å². The molecular weight excluding hydrogens is 330 g/mol. The lowest BCUT2D eigenvalue weighted by atomic mass is 10.0. The van der Waals surface area contributed by atoms with E-state index in [-0.39, 0.29) is 17.7 Å². The molecule has 26 heavy (non-hydrogen) atoms. The predicted octanol–water partition coefficient (Wildman–Crippen LogP) is 1.99. The first-order valence-corrected chi connectivity index (χ1v) is 8.77. The van der Waals surface area contributed by atoms with Gasteiger partial charge in [-0.1, -0.05) is 36.4 Å². The van der Waals surface area contributed by atoms with Crippen LogP contribution in [-0.4, -0.2) is 37.4 Å². The largest absolute Gasteiger partial charge is 0.357 e. The molecule has 2 aromatic carbocycles. The van der Waals surface area contributed by atoms with Crippen molar-refractivity contribution in [2.75, 3.05) is 13.6 Å². The van der Waals surface area contributed by atoms with Crippen LogP contribution in [0.2, 0.25) is 0 Å². The van der Waals surface area contributed by atoms with Crippen LogP contribution in [-0.2, 0) is 9.59 Å². The number of fused-ring (bicyclic) bond motifs is 1. The van der Waals surface area contributed by atoms with Gasteiger partial charge in [0.1, 0.15) is 6.04 Å². The normalized spacial score (nSPS) is 11.6. The van der Waals surface area contributed by atoms with Crippen LogP contribution in [0.15, 0.2) is 42.5 Å². The summed E-state index contributed by atoms with van der Waals surface area (Å²) in [5.41, 5.74) is 0.551. The van der Waals surface area contributed by atoms with Crippen LogP contribution in [0.25, 0.3) is 10.8 Å². The molecular formula is C20H25N3O3. The standard InChI is InChI=1S/C20H25N3O3/c1-14(24)22-13-6-5-12-18(20(26)21-2)23-19(25)17-11-7-9-15-8-3-4-10-16(15)17/h3-4,7-11,18H,5-6,12-13H2,1-2H3,(H,21,26)(H,22,24)(H,23,25). The van der Waals surface area contributed by atoms with Gasteiger partial charge in [-0.15, -0.1) is 0 Å². The molecule has 0 radical (unpaired) electrons. The van der Waals surface area contributed by atoms with E-state index in [2.05, 4.69) is 16.0 Å². The van der Waals surface area contributed by atoms with E-state index in [1.54, 1.807) is 13.1 Å². The van der Waals surface area contributed by atoms with Crippen molar-refractivity contribution < 1.29 is 14.4 Å². The average Bonchev–Trinajstić information content (AvgIpc) is 2.65. The maximum absolute atomic E-state index is 12.7. The number of carbonyl (C=O) groups is 3. The van der Waals surface area contributed by atoms with E-state index >= 15 is 0 Å². The monoisotopic (exact) mass is 355 g/mol. The molecule has 3 N–H and O–H groups in total. The SMILES string of the molecule is CNC(=O)C(CCCCNC(C)=O)NC(=O)c1cccc2ccccc12. The van der Waals surface area contributed by atoms with Crippen LogP contribution in [0, 0.1) is 0 Å². The molecule has 2 rings (SSSR count). The van der Waals surface area contributed by atoms with E-state index in [1.807, 2.05) is 36.4 Å². The fourth-order valence-electron chi connectivity index (χ4n) is 2.84. The number of rotatable bonds is 8. The fourth-order valence-corrected chi connectivity index (χ4v) is 2.84. The molecule has 0 saturated carbocycles. The minimum atomic E-state index is -0.608. The maximum Gasteiger partial charge on any atom is 0.252 e. The Bertz CT molecular complexity index is 783. The highest BCUT2D eigenvalue weighted by molar-refractivity contribution is 6.08. The third-order valence-corrected chi connectivity index (χ3v) is 4.20. The Morgan fingerprint density at radius 2 is 1.73 bits per heavy atom. The smallest absolute Gasteiger partial charge is 0.252 e. The van der Waals surface area contributed by atoms with Crippen molar-refractivity contribution in [1.29, 1.82) is 0 Å². The zero-order valence-electron chi connectivity index (χ0n) is 15.2. The summed E-state index contributed by atoms with van der Waals surface area (Å²) in [7, 11) is 1.55. The molecule has 0 aliphatic heterocycles. The van der Waals surface area contributed by atoms with Crippen LogP contribution in [0.5, 0.6) is 0 Å². The van der Waals surface area contributed by atoms with Gasteiger partial charge in [0.25, 0.3) is 5.91 Å². The number of hydrogen-bond acceptors (Lipinski definition) is 3. The van der Waals surface area contributed by atoms with Gasteiger partial charge < -0.3 is 16.0 Å². The van der Waals surface area contributed by atoms with Gasteiger partial charge in [0.2, 0.25) is 11.8 Å². The summed E-state index contributed by atoms with van der Waals surface area (Å²) in [5.74, 6) is -0.563. The Morgan fingerprint density at radius 1 is 1.00 bits per heavy atom. The lowest BCUT2D eigenvalue weighted by Crippen LogP contribution is -2.45. The van der Waals surface area contributed by atoms with Crippen LogP contribution < -0.4 is 16.0 Å². The Balaban J connectivity index is 2.03. The summed E-state index contributed by atoms with van der Waals surface area (Å²) >= 11 is 0. The summed E-state index contributed by atoms with van der Waals surface area (Å²) < 4.78 is 0. The molecule has 0 heterocycles. The Labute approximate surface area is 153 Å². The second-order valence-electron chi connectivity index (χ2n) is 6.15. The van der Waals surface area contributed by atoms with Crippen molar-refractivity contribution in [2.24, 2.45) is 0 Å². The lowest BCUT2D eigenvalue weighted by molar-refractivity contribution is -0.122. The summed E-state index contributed by atoms with van der Waals surface area (Å²) in [4.78, 5) is 35.7. The first kappa shape index (κ1) is 19.4. The van der Waals surface area contributed by atoms with Crippen molar-refractivity contribution in [2.45, 2.75) is 32.2 Å². The second kappa shape index (κ2) is 9.56. The highest BCUT2D eigenvalue weighted by Gasteiger charge is 2.20. The lowest BCUT2D eigenvalue weighted by Gasteiger charge is -2.18. The molecule has 0 bridgehead atoms. The molecule has 3 amide bonds. The highest BCUT2D eigenvalue weighted by atomic mass is 16.2. The zero-order chi connectivity index (χ0) is 18.9. The summed E-state index contributed by atoms with van der Waals surface area (Å²) in [6, 6.07) is 12.6. The maximum atomic E-state index is 12.7. The predicted molar refractivity (Wildman–Crippen MR) is 102 cm³/mol. The van der Waals surface area contributed by atoms with Crippen molar-refractivity contribution in [1.82, 2.24) is 16.0 Å². The molecule has 0 fully saturated rings. The third-order valence-electron chi connectivity index (χ3n) is 4.20. The topological polar surface area (TPSA) is 87.3 Å². The van der Waals surface area contributed by atoms with Crippen molar-refractivity contribution in [3.8, 4) is 0 Å². The van der Waals surface area contributed by atoms with Crippen molar-refractivity contribution in [3.63, 3.8) is 0 Å². The summed E-state index contributed by atoms with van der Waals surface area (Å²) in [5, 5.41) is 9.99. The molecule has 0 spiro atoms. The van der Waals surface area contributed by atoms with Gasteiger partial charge in [-0.25, -0.2) is 0 Å². The number of hydrogen-bond donors (Lipinski definition) is 3. The average molecular weight is 355 g/mol. The number of likely N-dealkylation sites (N-methyl/N-ethyl adjacent to an activating group) is 1. The van der Waals surface area contributed by atoms with Gasteiger partial charge >= 0.3 is 0 Å². The molecule has 0 aliphatic carbocycles. The van der Waals surface area contributed by atoms with Gasteiger partial charge in [0, 0.05) is 26.1 Å². The van der Waals surface area contributed by atoms with Gasteiger partial charge in [-0.2, -0.15) is 0 Å². The number of nitrogens with one attached hydrogen (secondary N) is 3. The Morgan fingerprint density at radius 3 is 2.46 bits per heavy atom. The Kier molecular flexibility index (Phi) is 7.14. The molecule has 1 atom stereocenters. The van der Waals surface area contributed by atoms with Crippen LogP contribution >= 0.6 is 0 Å². The first-order chi connectivity index (χ1) is 12.5. The number of carbonyl (C=O) groups excluding carboxylic acids is 3. The van der Waals surface area contributed by atoms with Gasteiger partial charge in [-0.05, 0) is 36.1 Å². The molecule has 6 heteroatoms. The number of unbranched alkanes of at least 4 members (excludes halogenated alkanes) is 1. The molecule has 138 valence electrons. The van der Waals surface area contributed by atoms with Crippen LogP contribution in [0.4, 0.5) is 0 Å². The quantitative estimate of drug-likeness (QED) is 0.633. The van der Waals surface area contributed by atoms with Crippen LogP contribution in [0.1, 0.15) is 36.5 Å². The van der Waals surface area contributed by atoms with E-state index in [4.69, 9.17) is 0 Å². The van der Waals surface area contributed by atoms with Gasteiger partial charge in [0.15, 0.2) is 0 Å². The van der Waals surface area contributed by atoms with Crippen LogP contribution in [0.3, 0.4) is 0 Å². The summed E-state index contributed by atoms with van der Waals surface area (Å²) in [6.45, 7) is 2.03. The zero-order valence-corrected chi connectivity index (χ0v) is 15.2. The molecule has 0 saturated heterocycles. The van der Waals surface area contributed by atoms with Gasteiger partial charge in [0.05, 0.1) is 0 Å². The van der Waals surface area contributed by atoms with Crippen molar-refractivity contribution in [3.05, 3.63) is 48.0 Å². The minimum Gasteiger partial charge on any atom is -0.357 e. The second-order valence-corrected chi connectivity index (χ2v) is 6.15. The number of amides is 3. The molecule has 0 aromatic heterocycles. The summed E-state index contributed by atoms with van der Waals surface area (Å²) in [6.07, 6.45) is 1.97.